The van der Waals surface area contributed by atoms with Crippen molar-refractivity contribution in [2.45, 2.75) is 33.6 Å². The van der Waals surface area contributed by atoms with Crippen LogP contribution in [0.15, 0.2) is 34.7 Å². The van der Waals surface area contributed by atoms with Gasteiger partial charge in [-0.25, -0.2) is 0 Å². The highest BCUT2D eigenvalue weighted by molar-refractivity contribution is 7.84. The summed E-state index contributed by atoms with van der Waals surface area (Å²) in [5, 5.41) is 0. The van der Waals surface area contributed by atoms with E-state index in [-0.39, 0.29) is 0 Å². The van der Waals surface area contributed by atoms with E-state index in [1.54, 1.807) is 0 Å². The molecule has 0 fully saturated rings. The number of rotatable bonds is 5. The quantitative estimate of drug-likeness (QED) is 0.394. The zero-order chi connectivity index (χ0) is 11.1. The van der Waals surface area contributed by atoms with E-state index < -0.39 is 0 Å². The van der Waals surface area contributed by atoms with Gasteiger partial charge in [0, 0.05) is 0 Å². The van der Waals surface area contributed by atoms with E-state index >= 15 is 0 Å². The normalized spacial score (nSPS) is 15.4. The van der Waals surface area contributed by atoms with E-state index in [1.165, 1.54) is 12.8 Å². The van der Waals surface area contributed by atoms with Gasteiger partial charge in [0.2, 0.25) is 0 Å². The summed E-state index contributed by atoms with van der Waals surface area (Å²) < 4.78 is 0. The summed E-state index contributed by atoms with van der Waals surface area (Å²) in [4.78, 5) is 0.806. The lowest BCUT2D eigenvalue weighted by Crippen LogP contribution is -1.89. The molecule has 0 aliphatic heterocycles. The van der Waals surface area contributed by atoms with Crippen LogP contribution in [0, 0.1) is 5.92 Å². The largest absolute Gasteiger partial charge is 0.144 e. The highest BCUT2D eigenvalue weighted by Crippen LogP contribution is 2.16. The van der Waals surface area contributed by atoms with Gasteiger partial charge in [-0.3, -0.25) is 0 Å². The molecule has 76 valence electrons. The summed E-state index contributed by atoms with van der Waals surface area (Å²) >= 11 is 4.31. The van der Waals surface area contributed by atoms with Crippen LogP contribution in [0.2, 0.25) is 0 Å². The zero-order valence-electron chi connectivity index (χ0n) is 9.38. The minimum Gasteiger partial charge on any atom is -0.144 e. The van der Waals surface area contributed by atoms with Crippen molar-refractivity contribution in [2.24, 2.45) is 5.92 Å². The molecular weight excluding hydrogens is 187 g/mol. The molecule has 0 aliphatic rings. The van der Waals surface area contributed by atoms with Crippen molar-refractivity contribution in [2.75, 3.05) is 0 Å². The van der Waals surface area contributed by atoms with Crippen LogP contribution in [-0.4, -0.2) is 7.85 Å². The molecule has 2 heteroatoms. The second kappa shape index (κ2) is 7.00. The SMILES string of the molecule is [B]/C(C(=C)C)=C(S)/C=C/C(C)CCC. The van der Waals surface area contributed by atoms with Gasteiger partial charge in [-0.1, -0.05) is 50.0 Å². The van der Waals surface area contributed by atoms with Crippen LogP contribution in [0.25, 0.3) is 0 Å². The second-order valence-electron chi connectivity index (χ2n) is 3.70. The van der Waals surface area contributed by atoms with Gasteiger partial charge in [-0.2, -0.15) is 0 Å². The molecule has 2 radical (unpaired) electrons. The molecule has 0 saturated carbocycles. The van der Waals surface area contributed by atoms with Crippen LogP contribution in [0.5, 0.6) is 0 Å². The Morgan fingerprint density at radius 2 is 2.14 bits per heavy atom. The Morgan fingerprint density at radius 1 is 1.57 bits per heavy atom. The molecule has 0 amide bonds. The third-order valence-corrected chi connectivity index (χ3v) is 2.45. The number of thiol groups is 1. The fraction of sp³-hybridized carbons (Fsp3) is 0.500. The monoisotopic (exact) mass is 206 g/mol. The third kappa shape index (κ3) is 5.38. The Bertz CT molecular complexity index is 251. The van der Waals surface area contributed by atoms with Gasteiger partial charge in [-0.15, -0.1) is 12.6 Å². The maximum absolute atomic E-state index is 5.77. The Kier molecular flexibility index (Phi) is 6.81. The molecule has 1 unspecified atom stereocenters. The molecule has 0 aromatic rings. The van der Waals surface area contributed by atoms with Gasteiger partial charge in [0.25, 0.3) is 0 Å². The number of allylic oxidation sites excluding steroid dienone is 4. The topological polar surface area (TPSA) is 0 Å². The average Bonchev–Trinajstić information content (AvgIpc) is 2.13. The number of hydrogen-bond acceptors (Lipinski definition) is 1. The molecule has 1 atom stereocenters. The van der Waals surface area contributed by atoms with E-state index in [2.05, 4.69) is 39.1 Å². The van der Waals surface area contributed by atoms with Gasteiger partial charge in [0.05, 0.1) is 0 Å². The van der Waals surface area contributed by atoms with Crippen molar-refractivity contribution in [1.82, 2.24) is 0 Å². The van der Waals surface area contributed by atoms with Crippen LogP contribution in [0.1, 0.15) is 33.6 Å². The lowest BCUT2D eigenvalue weighted by Gasteiger charge is -2.05. The summed E-state index contributed by atoms with van der Waals surface area (Å²) in [6.45, 7) is 10.0. The molecule has 0 N–H and O–H groups in total. The second-order valence-corrected chi connectivity index (χ2v) is 4.19. The van der Waals surface area contributed by atoms with Crippen LogP contribution in [0.3, 0.4) is 0 Å². The molecule has 0 rings (SSSR count). The standard InChI is InChI=1S/C12H19BS/c1-5-6-10(4)7-8-11(14)12(13)9(2)3/h7-8,10,14H,2,5-6H2,1,3-4H3/b8-7+,12-11-. The van der Waals surface area contributed by atoms with Crippen molar-refractivity contribution in [1.29, 1.82) is 0 Å². The van der Waals surface area contributed by atoms with Crippen LogP contribution in [0.4, 0.5) is 0 Å². The molecule has 0 spiro atoms. The fourth-order valence-electron chi connectivity index (χ4n) is 1.12. The Labute approximate surface area is 95.0 Å². The van der Waals surface area contributed by atoms with E-state index in [4.69, 9.17) is 7.85 Å². The predicted octanol–water partition coefficient (Wildman–Crippen LogP) is 3.86. The van der Waals surface area contributed by atoms with Crippen LogP contribution < -0.4 is 0 Å². The first-order chi connectivity index (χ1) is 6.49. The molecule has 14 heavy (non-hydrogen) atoms. The van der Waals surface area contributed by atoms with Crippen molar-refractivity contribution in [3.63, 3.8) is 0 Å². The van der Waals surface area contributed by atoms with E-state index in [9.17, 15) is 0 Å². The minimum absolute atomic E-state index is 0.583. The maximum Gasteiger partial charge on any atom is 0.115 e. The molecule has 0 bridgehead atoms. The van der Waals surface area contributed by atoms with E-state index in [0.29, 0.717) is 11.4 Å². The molecule has 0 aliphatic carbocycles. The summed E-state index contributed by atoms with van der Waals surface area (Å²) in [7, 11) is 5.77. The fourth-order valence-corrected chi connectivity index (χ4v) is 1.39. The van der Waals surface area contributed by atoms with Gasteiger partial charge in [-0.05, 0) is 24.2 Å². The van der Waals surface area contributed by atoms with Gasteiger partial charge < -0.3 is 0 Å². The van der Waals surface area contributed by atoms with Gasteiger partial charge in [0.1, 0.15) is 7.85 Å². The minimum atomic E-state index is 0.583. The van der Waals surface area contributed by atoms with E-state index in [1.807, 2.05) is 13.0 Å². The summed E-state index contributed by atoms with van der Waals surface area (Å²) in [5.74, 6) is 0.583. The van der Waals surface area contributed by atoms with Crippen LogP contribution in [-0.2, 0) is 0 Å². The molecular formula is C12H19BS. The Balaban J connectivity index is 4.37. The zero-order valence-corrected chi connectivity index (χ0v) is 10.3. The molecule has 0 heterocycles. The van der Waals surface area contributed by atoms with Crippen molar-refractivity contribution < 1.29 is 0 Å². The highest BCUT2D eigenvalue weighted by atomic mass is 32.1. The average molecular weight is 206 g/mol. The van der Waals surface area contributed by atoms with Crippen molar-refractivity contribution >= 4 is 20.5 Å². The van der Waals surface area contributed by atoms with Crippen molar-refractivity contribution in [3.8, 4) is 0 Å². The number of hydrogen-bond donors (Lipinski definition) is 1. The van der Waals surface area contributed by atoms with E-state index in [0.717, 1.165) is 10.5 Å². The Morgan fingerprint density at radius 3 is 2.57 bits per heavy atom. The summed E-state index contributed by atoms with van der Waals surface area (Å²) in [6, 6.07) is 0. The first-order valence-electron chi connectivity index (χ1n) is 5.01. The van der Waals surface area contributed by atoms with Gasteiger partial charge >= 0.3 is 0 Å². The third-order valence-electron chi connectivity index (χ3n) is 2.06. The highest BCUT2D eigenvalue weighted by Gasteiger charge is 1.97. The molecule has 0 saturated heterocycles. The van der Waals surface area contributed by atoms with Gasteiger partial charge in [0.15, 0.2) is 0 Å². The maximum atomic E-state index is 5.77. The molecule has 0 aromatic heterocycles. The first-order valence-corrected chi connectivity index (χ1v) is 5.46. The first kappa shape index (κ1) is 13.6. The summed E-state index contributed by atoms with van der Waals surface area (Å²) in [5.41, 5.74) is 1.54. The Hall–Kier alpha value is -0.365. The van der Waals surface area contributed by atoms with Crippen LogP contribution >= 0.6 is 12.6 Å². The van der Waals surface area contributed by atoms with Crippen molar-refractivity contribution in [3.05, 3.63) is 34.7 Å². The molecule has 0 nitrogen and oxygen atoms in total. The smallest absolute Gasteiger partial charge is 0.115 e. The lowest BCUT2D eigenvalue weighted by molar-refractivity contribution is 0.634. The summed E-state index contributed by atoms with van der Waals surface area (Å²) in [6.07, 6.45) is 6.51. The lowest BCUT2D eigenvalue weighted by atomic mass is 9.89. The molecule has 0 aromatic carbocycles. The predicted molar refractivity (Wildman–Crippen MR) is 69.8 cm³/mol.